The average Bonchev–Trinajstić information content (AvgIpc) is 2.12. The van der Waals surface area contributed by atoms with Crippen LogP contribution in [-0.2, 0) is 0 Å². The first-order chi connectivity index (χ1) is 6.75. The van der Waals surface area contributed by atoms with Crippen LogP contribution in [0.2, 0.25) is 0 Å². The highest BCUT2D eigenvalue weighted by atomic mass is 15.1. The van der Waals surface area contributed by atoms with E-state index >= 15 is 0 Å². The van der Waals surface area contributed by atoms with Gasteiger partial charge in [0.15, 0.2) is 0 Å². The van der Waals surface area contributed by atoms with Crippen LogP contribution in [-0.4, -0.2) is 24.5 Å². The summed E-state index contributed by atoms with van der Waals surface area (Å²) < 4.78 is 0. The molecule has 1 aliphatic heterocycles. The molecule has 2 fully saturated rings. The van der Waals surface area contributed by atoms with Crippen LogP contribution in [0.5, 0.6) is 0 Å². The SMILES string of the molecule is CC(C)C1CCN(CC2CCC2)CC1. The maximum atomic E-state index is 2.71. The fraction of sp³-hybridized carbons (Fsp3) is 1.00. The van der Waals surface area contributed by atoms with Crippen molar-refractivity contribution < 1.29 is 0 Å². The molecule has 2 aliphatic rings. The first-order valence-electron chi connectivity index (χ1n) is 6.48. The Bertz CT molecular complexity index is 164. The molecule has 0 bridgehead atoms. The van der Waals surface area contributed by atoms with Crippen molar-refractivity contribution in [3.63, 3.8) is 0 Å². The molecule has 14 heavy (non-hydrogen) atoms. The maximum Gasteiger partial charge on any atom is 0.000966 e. The Morgan fingerprint density at radius 3 is 2.14 bits per heavy atom. The van der Waals surface area contributed by atoms with Gasteiger partial charge in [0.05, 0.1) is 0 Å². The van der Waals surface area contributed by atoms with E-state index in [4.69, 9.17) is 0 Å². The fourth-order valence-corrected chi connectivity index (χ4v) is 2.84. The standard InChI is InChI=1S/C13H25N/c1-11(2)13-6-8-14(9-7-13)10-12-4-3-5-12/h11-13H,3-10H2,1-2H3. The molecule has 0 unspecified atom stereocenters. The van der Waals surface area contributed by atoms with E-state index in [0.29, 0.717) is 0 Å². The van der Waals surface area contributed by atoms with Crippen LogP contribution in [0.1, 0.15) is 46.0 Å². The van der Waals surface area contributed by atoms with Crippen LogP contribution >= 0.6 is 0 Å². The van der Waals surface area contributed by atoms with Gasteiger partial charge in [0.1, 0.15) is 0 Å². The average molecular weight is 195 g/mol. The van der Waals surface area contributed by atoms with Crippen LogP contribution in [0.4, 0.5) is 0 Å². The second kappa shape index (κ2) is 4.65. The van der Waals surface area contributed by atoms with Crippen molar-refractivity contribution in [1.82, 2.24) is 4.90 Å². The van der Waals surface area contributed by atoms with Crippen LogP contribution < -0.4 is 0 Å². The normalized spacial score (nSPS) is 26.8. The summed E-state index contributed by atoms with van der Waals surface area (Å²) in [6, 6.07) is 0. The van der Waals surface area contributed by atoms with Gasteiger partial charge in [-0.05, 0) is 56.5 Å². The monoisotopic (exact) mass is 195 g/mol. The van der Waals surface area contributed by atoms with Gasteiger partial charge in [0.2, 0.25) is 0 Å². The molecule has 2 rings (SSSR count). The Morgan fingerprint density at radius 1 is 1.07 bits per heavy atom. The molecule has 0 N–H and O–H groups in total. The smallest absolute Gasteiger partial charge is 0.000966 e. The lowest BCUT2D eigenvalue weighted by Gasteiger charge is -2.38. The Balaban J connectivity index is 1.67. The lowest BCUT2D eigenvalue weighted by Crippen LogP contribution is -2.39. The Labute approximate surface area is 88.9 Å². The summed E-state index contributed by atoms with van der Waals surface area (Å²) in [5.41, 5.74) is 0. The molecule has 82 valence electrons. The minimum atomic E-state index is 0.904. The first kappa shape index (κ1) is 10.5. The van der Waals surface area contributed by atoms with Crippen molar-refractivity contribution >= 4 is 0 Å². The molecule has 0 aromatic rings. The zero-order valence-corrected chi connectivity index (χ0v) is 9.84. The van der Waals surface area contributed by atoms with E-state index in [1.54, 1.807) is 0 Å². The number of hydrogen-bond donors (Lipinski definition) is 0. The fourth-order valence-electron chi connectivity index (χ4n) is 2.84. The topological polar surface area (TPSA) is 3.24 Å². The van der Waals surface area contributed by atoms with Gasteiger partial charge in [-0.25, -0.2) is 0 Å². The van der Waals surface area contributed by atoms with Crippen molar-refractivity contribution in [3.05, 3.63) is 0 Å². The van der Waals surface area contributed by atoms with Gasteiger partial charge in [-0.15, -0.1) is 0 Å². The van der Waals surface area contributed by atoms with Crippen LogP contribution in [0, 0.1) is 17.8 Å². The largest absolute Gasteiger partial charge is 0.303 e. The molecule has 1 nitrogen and oxygen atoms in total. The molecule has 1 aliphatic carbocycles. The number of nitrogens with zero attached hydrogens (tertiary/aromatic N) is 1. The van der Waals surface area contributed by atoms with Gasteiger partial charge >= 0.3 is 0 Å². The van der Waals surface area contributed by atoms with E-state index in [2.05, 4.69) is 18.7 Å². The molecule has 0 aromatic carbocycles. The third-order valence-corrected chi connectivity index (χ3v) is 4.32. The second-order valence-electron chi connectivity index (χ2n) is 5.68. The summed E-state index contributed by atoms with van der Waals surface area (Å²) in [6.45, 7) is 8.92. The summed E-state index contributed by atoms with van der Waals surface area (Å²) in [5, 5.41) is 0. The van der Waals surface area contributed by atoms with Crippen molar-refractivity contribution in [2.24, 2.45) is 17.8 Å². The molecule has 0 amide bonds. The van der Waals surface area contributed by atoms with Crippen LogP contribution in [0.15, 0.2) is 0 Å². The zero-order valence-electron chi connectivity index (χ0n) is 9.84. The summed E-state index contributed by atoms with van der Waals surface area (Å²) >= 11 is 0. The van der Waals surface area contributed by atoms with Gasteiger partial charge in [0, 0.05) is 6.54 Å². The maximum absolute atomic E-state index is 2.71. The van der Waals surface area contributed by atoms with Gasteiger partial charge in [-0.3, -0.25) is 0 Å². The lowest BCUT2D eigenvalue weighted by atomic mass is 9.83. The highest BCUT2D eigenvalue weighted by molar-refractivity contribution is 4.78. The molecular weight excluding hydrogens is 170 g/mol. The molecule has 0 aromatic heterocycles. The number of hydrogen-bond acceptors (Lipinski definition) is 1. The highest BCUT2D eigenvalue weighted by Gasteiger charge is 2.25. The highest BCUT2D eigenvalue weighted by Crippen LogP contribution is 2.30. The third kappa shape index (κ3) is 2.50. The Hall–Kier alpha value is -0.0400. The molecule has 1 heteroatoms. The van der Waals surface area contributed by atoms with Crippen LogP contribution in [0.3, 0.4) is 0 Å². The Morgan fingerprint density at radius 2 is 1.71 bits per heavy atom. The van der Waals surface area contributed by atoms with E-state index < -0.39 is 0 Å². The van der Waals surface area contributed by atoms with Gasteiger partial charge in [0.25, 0.3) is 0 Å². The van der Waals surface area contributed by atoms with Crippen molar-refractivity contribution in [1.29, 1.82) is 0 Å². The van der Waals surface area contributed by atoms with Gasteiger partial charge in [-0.1, -0.05) is 20.3 Å². The third-order valence-electron chi connectivity index (χ3n) is 4.32. The zero-order chi connectivity index (χ0) is 9.97. The minimum Gasteiger partial charge on any atom is -0.303 e. The summed E-state index contributed by atoms with van der Waals surface area (Å²) in [6.07, 6.45) is 7.40. The van der Waals surface area contributed by atoms with Crippen LogP contribution in [0.25, 0.3) is 0 Å². The quantitative estimate of drug-likeness (QED) is 0.668. The van der Waals surface area contributed by atoms with E-state index in [0.717, 1.165) is 17.8 Å². The van der Waals surface area contributed by atoms with Crippen molar-refractivity contribution in [3.8, 4) is 0 Å². The van der Waals surface area contributed by atoms with E-state index in [1.165, 1.54) is 51.7 Å². The number of likely N-dealkylation sites (tertiary alicyclic amines) is 1. The summed E-state index contributed by atoms with van der Waals surface area (Å²) in [4.78, 5) is 2.71. The van der Waals surface area contributed by atoms with Crippen molar-refractivity contribution in [2.45, 2.75) is 46.0 Å². The molecule has 1 saturated heterocycles. The Kier molecular flexibility index (Phi) is 3.48. The van der Waals surface area contributed by atoms with E-state index in [-0.39, 0.29) is 0 Å². The van der Waals surface area contributed by atoms with Gasteiger partial charge < -0.3 is 4.90 Å². The molecule has 1 saturated carbocycles. The van der Waals surface area contributed by atoms with E-state index in [1.807, 2.05) is 0 Å². The molecule has 0 spiro atoms. The molecule has 0 atom stereocenters. The summed E-state index contributed by atoms with van der Waals surface area (Å²) in [7, 11) is 0. The molecular formula is C13H25N. The number of rotatable bonds is 3. The van der Waals surface area contributed by atoms with E-state index in [9.17, 15) is 0 Å². The molecule has 0 radical (unpaired) electrons. The molecule has 1 heterocycles. The van der Waals surface area contributed by atoms with Gasteiger partial charge in [-0.2, -0.15) is 0 Å². The lowest BCUT2D eigenvalue weighted by molar-refractivity contribution is 0.117. The second-order valence-corrected chi connectivity index (χ2v) is 5.68. The number of piperidine rings is 1. The minimum absolute atomic E-state index is 0.904. The predicted octanol–water partition coefficient (Wildman–Crippen LogP) is 3.15. The summed E-state index contributed by atoms with van der Waals surface area (Å²) in [5.74, 6) is 2.97. The first-order valence-corrected chi connectivity index (χ1v) is 6.48. The predicted molar refractivity (Wildman–Crippen MR) is 61.3 cm³/mol. The van der Waals surface area contributed by atoms with Crippen molar-refractivity contribution in [2.75, 3.05) is 19.6 Å².